The molecule has 1 fully saturated rings. The molecule has 0 spiro atoms. The number of hydrogen-bond donors (Lipinski definition) is 1. The Labute approximate surface area is 136 Å². The van der Waals surface area contributed by atoms with Gasteiger partial charge in [-0.2, -0.15) is 0 Å². The lowest BCUT2D eigenvalue weighted by Crippen LogP contribution is -2.36. The Kier molecular flexibility index (Phi) is 3.53. The first-order chi connectivity index (χ1) is 11.2. The van der Waals surface area contributed by atoms with E-state index in [-0.39, 0.29) is 23.4 Å². The zero-order valence-electron chi connectivity index (χ0n) is 12.4. The number of aromatic nitrogens is 3. The Bertz CT molecular complexity index is 756. The van der Waals surface area contributed by atoms with Crippen LogP contribution in [0, 0.1) is 5.92 Å². The molecule has 7 nitrogen and oxygen atoms in total. The lowest BCUT2D eigenvalue weighted by molar-refractivity contribution is -0.133. The number of carbonyl (C=O) groups excluding carboxylic acids is 2. The molecule has 0 radical (unpaired) electrons. The summed E-state index contributed by atoms with van der Waals surface area (Å²) in [5.41, 5.74) is 1.23. The summed E-state index contributed by atoms with van der Waals surface area (Å²) in [6.07, 6.45) is 7.19. The van der Waals surface area contributed by atoms with Crippen LogP contribution in [0.5, 0.6) is 0 Å². The Morgan fingerprint density at radius 2 is 2.17 bits per heavy atom. The van der Waals surface area contributed by atoms with E-state index in [4.69, 9.17) is 0 Å². The van der Waals surface area contributed by atoms with E-state index in [9.17, 15) is 9.59 Å². The highest BCUT2D eigenvalue weighted by Crippen LogP contribution is 2.34. The summed E-state index contributed by atoms with van der Waals surface area (Å²) in [6, 6.07) is 0. The van der Waals surface area contributed by atoms with Crippen molar-refractivity contribution >= 4 is 28.3 Å². The molecule has 1 N–H and O–H groups in total. The van der Waals surface area contributed by atoms with Crippen molar-refractivity contribution in [3.63, 3.8) is 0 Å². The van der Waals surface area contributed by atoms with Gasteiger partial charge >= 0.3 is 0 Å². The van der Waals surface area contributed by atoms with Crippen molar-refractivity contribution in [2.75, 3.05) is 11.9 Å². The van der Waals surface area contributed by atoms with Gasteiger partial charge < -0.3 is 4.90 Å². The number of nitrogens with zero attached hydrogens (tertiary/aromatic N) is 4. The highest BCUT2D eigenvalue weighted by Gasteiger charge is 2.35. The van der Waals surface area contributed by atoms with Crippen LogP contribution in [0.3, 0.4) is 0 Å². The molecule has 0 bridgehead atoms. The van der Waals surface area contributed by atoms with E-state index in [0.29, 0.717) is 18.2 Å². The Morgan fingerprint density at radius 3 is 2.91 bits per heavy atom. The fraction of sp³-hybridized carbons (Fsp3) is 0.400. The van der Waals surface area contributed by atoms with Crippen LogP contribution in [0.2, 0.25) is 0 Å². The summed E-state index contributed by atoms with van der Waals surface area (Å²) < 4.78 is 0. The van der Waals surface area contributed by atoms with Gasteiger partial charge in [0.2, 0.25) is 5.91 Å². The quantitative estimate of drug-likeness (QED) is 0.921. The second-order valence-corrected chi connectivity index (χ2v) is 6.80. The number of rotatable bonds is 3. The third-order valence-corrected chi connectivity index (χ3v) is 4.98. The predicted molar refractivity (Wildman–Crippen MR) is 83.9 cm³/mol. The minimum atomic E-state index is -0.324. The van der Waals surface area contributed by atoms with Crippen LogP contribution in [-0.2, 0) is 17.8 Å². The third-order valence-electron chi connectivity index (χ3n) is 3.99. The first kappa shape index (κ1) is 14.3. The molecule has 1 saturated carbocycles. The van der Waals surface area contributed by atoms with E-state index in [1.807, 2.05) is 4.90 Å². The maximum Gasteiger partial charge on any atom is 0.277 e. The van der Waals surface area contributed by atoms with E-state index in [0.717, 1.165) is 29.8 Å². The van der Waals surface area contributed by atoms with Crippen LogP contribution in [0.1, 0.15) is 33.9 Å². The fourth-order valence-electron chi connectivity index (χ4n) is 2.60. The first-order valence-electron chi connectivity index (χ1n) is 7.55. The molecule has 0 unspecified atom stereocenters. The Hall–Kier alpha value is -2.35. The van der Waals surface area contributed by atoms with Gasteiger partial charge in [0.25, 0.3) is 5.91 Å². The van der Waals surface area contributed by atoms with Gasteiger partial charge in [0.05, 0.1) is 18.4 Å². The molecule has 1 aliphatic carbocycles. The van der Waals surface area contributed by atoms with Gasteiger partial charge in [-0.15, -0.1) is 0 Å². The molecule has 0 aromatic carbocycles. The van der Waals surface area contributed by atoms with E-state index in [2.05, 4.69) is 20.3 Å². The van der Waals surface area contributed by atoms with Crippen LogP contribution >= 0.6 is 11.3 Å². The van der Waals surface area contributed by atoms with Crippen molar-refractivity contribution < 1.29 is 9.59 Å². The second kappa shape index (κ2) is 5.69. The molecule has 3 heterocycles. The molecule has 118 valence electrons. The van der Waals surface area contributed by atoms with Gasteiger partial charge in [-0.25, -0.2) is 9.97 Å². The summed E-state index contributed by atoms with van der Waals surface area (Å²) in [5.74, 6) is 0.171. The Balaban J connectivity index is 1.46. The van der Waals surface area contributed by atoms with Gasteiger partial charge in [-0.3, -0.25) is 19.9 Å². The number of thiazole rings is 1. The summed E-state index contributed by atoms with van der Waals surface area (Å²) in [7, 11) is 0. The van der Waals surface area contributed by atoms with Crippen molar-refractivity contribution in [2.45, 2.75) is 25.8 Å². The topological polar surface area (TPSA) is 88.1 Å². The molecule has 2 amide bonds. The molecule has 0 atom stereocenters. The number of nitrogens with one attached hydrogen (secondary N) is 1. The SMILES string of the molecule is O=C(Nc1nc2c(s1)CN(C(=O)C1CC1)CC2)c1cnccn1. The number of carbonyl (C=O) groups is 2. The molecular weight excluding hydrogens is 314 g/mol. The minimum Gasteiger partial charge on any atom is -0.337 e. The summed E-state index contributed by atoms with van der Waals surface area (Å²) in [6.45, 7) is 1.31. The van der Waals surface area contributed by atoms with Gasteiger partial charge in [-0.1, -0.05) is 11.3 Å². The largest absolute Gasteiger partial charge is 0.337 e. The Morgan fingerprint density at radius 1 is 1.30 bits per heavy atom. The molecular formula is C15H15N5O2S. The maximum absolute atomic E-state index is 12.2. The van der Waals surface area contributed by atoms with Crippen LogP contribution in [0.15, 0.2) is 18.6 Å². The predicted octanol–water partition coefficient (Wildman–Crippen LogP) is 1.48. The van der Waals surface area contributed by atoms with Crippen molar-refractivity contribution in [1.29, 1.82) is 0 Å². The van der Waals surface area contributed by atoms with Crippen molar-refractivity contribution in [3.8, 4) is 0 Å². The third kappa shape index (κ3) is 2.94. The van der Waals surface area contributed by atoms with Gasteiger partial charge in [0.15, 0.2) is 5.13 Å². The molecule has 2 aliphatic rings. The highest BCUT2D eigenvalue weighted by atomic mass is 32.1. The molecule has 2 aromatic heterocycles. The molecule has 0 saturated heterocycles. The summed E-state index contributed by atoms with van der Waals surface area (Å²) in [4.78, 5) is 39.5. The standard InChI is InChI=1S/C15H15N5O2S/c21-13(11-7-16-4-5-17-11)19-15-18-10-3-6-20(8-12(10)23-15)14(22)9-1-2-9/h4-5,7,9H,1-3,6,8H2,(H,18,19,21). The van der Waals surface area contributed by atoms with Gasteiger partial charge in [0.1, 0.15) is 5.69 Å². The van der Waals surface area contributed by atoms with E-state index >= 15 is 0 Å². The van der Waals surface area contributed by atoms with Crippen LogP contribution in [0.4, 0.5) is 5.13 Å². The molecule has 8 heteroatoms. The van der Waals surface area contributed by atoms with Crippen LogP contribution in [-0.4, -0.2) is 38.2 Å². The van der Waals surface area contributed by atoms with Crippen molar-refractivity contribution in [3.05, 3.63) is 34.9 Å². The lowest BCUT2D eigenvalue weighted by atomic mass is 10.1. The van der Waals surface area contributed by atoms with Gasteiger partial charge in [0, 0.05) is 36.2 Å². The van der Waals surface area contributed by atoms with E-state index < -0.39 is 0 Å². The molecule has 4 rings (SSSR count). The fourth-order valence-corrected chi connectivity index (χ4v) is 3.62. The molecule has 1 aliphatic heterocycles. The average Bonchev–Trinajstić information content (AvgIpc) is 3.35. The first-order valence-corrected chi connectivity index (χ1v) is 8.37. The van der Waals surface area contributed by atoms with Crippen molar-refractivity contribution in [1.82, 2.24) is 19.9 Å². The van der Waals surface area contributed by atoms with E-state index in [1.54, 1.807) is 0 Å². The zero-order valence-corrected chi connectivity index (χ0v) is 13.2. The van der Waals surface area contributed by atoms with Gasteiger partial charge in [-0.05, 0) is 12.8 Å². The minimum absolute atomic E-state index is 0.236. The summed E-state index contributed by atoms with van der Waals surface area (Å²) >= 11 is 1.43. The number of anilines is 1. The zero-order chi connectivity index (χ0) is 15.8. The van der Waals surface area contributed by atoms with Crippen LogP contribution in [0.25, 0.3) is 0 Å². The maximum atomic E-state index is 12.2. The number of amides is 2. The molecule has 2 aromatic rings. The summed E-state index contributed by atoms with van der Waals surface area (Å²) in [5, 5.41) is 3.30. The average molecular weight is 329 g/mol. The van der Waals surface area contributed by atoms with Crippen molar-refractivity contribution in [2.24, 2.45) is 5.92 Å². The molecule has 23 heavy (non-hydrogen) atoms. The number of fused-ring (bicyclic) bond motifs is 1. The monoisotopic (exact) mass is 329 g/mol. The van der Waals surface area contributed by atoms with Crippen LogP contribution < -0.4 is 5.32 Å². The van der Waals surface area contributed by atoms with E-state index in [1.165, 1.54) is 29.9 Å². The smallest absolute Gasteiger partial charge is 0.277 e. The second-order valence-electron chi connectivity index (χ2n) is 5.72. The normalized spacial score (nSPS) is 16.8. The lowest BCUT2D eigenvalue weighted by Gasteiger charge is -2.26. The number of hydrogen-bond acceptors (Lipinski definition) is 6. The highest BCUT2D eigenvalue weighted by molar-refractivity contribution is 7.15.